The molecule has 3 aliphatic rings. The molecule has 0 radical (unpaired) electrons. The smallest absolute Gasteiger partial charge is 0.309 e. The summed E-state index contributed by atoms with van der Waals surface area (Å²) in [5.41, 5.74) is 0.214. The summed E-state index contributed by atoms with van der Waals surface area (Å²) < 4.78 is 0. The van der Waals surface area contributed by atoms with Crippen molar-refractivity contribution in [1.82, 2.24) is 0 Å². The first-order valence-corrected chi connectivity index (χ1v) is 6.86. The zero-order valence-corrected chi connectivity index (χ0v) is 10.4. The van der Waals surface area contributed by atoms with Crippen LogP contribution >= 0.6 is 0 Å². The highest BCUT2D eigenvalue weighted by Crippen LogP contribution is 2.75. The molecule has 2 bridgehead atoms. The maximum absolute atomic E-state index is 10.9. The molecule has 3 aliphatic carbocycles. The van der Waals surface area contributed by atoms with Crippen molar-refractivity contribution in [3.05, 3.63) is 0 Å². The normalized spacial score (nSPS) is 35.3. The zero-order valence-electron chi connectivity index (χ0n) is 10.4. The molecule has 3 rings (SSSR count). The Balaban J connectivity index is 1.53. The maximum atomic E-state index is 10.9. The molecule has 0 aromatic rings. The van der Waals surface area contributed by atoms with Crippen molar-refractivity contribution in [3.8, 4) is 0 Å². The van der Waals surface area contributed by atoms with Gasteiger partial charge in [-0.3, -0.25) is 4.79 Å². The number of carboxylic acid groups (broad SMARTS) is 1. The van der Waals surface area contributed by atoms with E-state index in [-0.39, 0.29) is 5.41 Å². The topological polar surface area (TPSA) is 37.3 Å². The molecule has 16 heavy (non-hydrogen) atoms. The van der Waals surface area contributed by atoms with Crippen LogP contribution in [0.15, 0.2) is 0 Å². The standard InChI is InChI=1S/C14H24O2/c1-2-3-4-5-6-7-8-13-9-14(10-13,11-13)12(15)16/h2-11H2,1H3,(H,15,16). The number of carboxylic acids is 1. The van der Waals surface area contributed by atoms with E-state index >= 15 is 0 Å². The minimum atomic E-state index is -0.544. The number of hydrogen-bond donors (Lipinski definition) is 1. The van der Waals surface area contributed by atoms with E-state index in [1.54, 1.807) is 0 Å². The van der Waals surface area contributed by atoms with Gasteiger partial charge in [-0.25, -0.2) is 0 Å². The Kier molecular flexibility index (Phi) is 3.27. The van der Waals surface area contributed by atoms with Crippen molar-refractivity contribution >= 4 is 5.97 Å². The quantitative estimate of drug-likeness (QED) is 0.633. The van der Waals surface area contributed by atoms with Crippen LogP contribution < -0.4 is 0 Å². The highest BCUT2D eigenvalue weighted by atomic mass is 16.4. The lowest BCUT2D eigenvalue weighted by molar-refractivity contribution is -0.225. The highest BCUT2D eigenvalue weighted by molar-refractivity contribution is 5.79. The second kappa shape index (κ2) is 4.38. The highest BCUT2D eigenvalue weighted by Gasteiger charge is 2.70. The molecule has 0 atom stereocenters. The largest absolute Gasteiger partial charge is 0.481 e. The molecule has 1 N–H and O–H groups in total. The van der Waals surface area contributed by atoms with Gasteiger partial charge in [0.1, 0.15) is 0 Å². The van der Waals surface area contributed by atoms with Gasteiger partial charge in [0.25, 0.3) is 0 Å². The molecule has 2 heteroatoms. The maximum Gasteiger partial charge on any atom is 0.309 e. The van der Waals surface area contributed by atoms with Gasteiger partial charge in [-0.1, -0.05) is 45.4 Å². The van der Waals surface area contributed by atoms with Crippen molar-refractivity contribution < 1.29 is 9.90 Å². The van der Waals surface area contributed by atoms with Crippen LogP contribution in [0.1, 0.15) is 71.1 Å². The SMILES string of the molecule is CCCCCCCCC12CC(C(=O)O)(C1)C2. The van der Waals surface area contributed by atoms with Gasteiger partial charge in [-0.05, 0) is 31.1 Å². The van der Waals surface area contributed by atoms with Crippen LogP contribution in [0.3, 0.4) is 0 Å². The molecule has 0 spiro atoms. The summed E-state index contributed by atoms with van der Waals surface area (Å²) in [6, 6.07) is 0. The van der Waals surface area contributed by atoms with Crippen LogP contribution in [0.25, 0.3) is 0 Å². The second-order valence-corrected chi connectivity index (χ2v) is 6.13. The minimum Gasteiger partial charge on any atom is -0.481 e. The Morgan fingerprint density at radius 2 is 1.62 bits per heavy atom. The fourth-order valence-electron chi connectivity index (χ4n) is 3.77. The van der Waals surface area contributed by atoms with E-state index in [2.05, 4.69) is 6.92 Å². The molecule has 3 fully saturated rings. The van der Waals surface area contributed by atoms with Crippen molar-refractivity contribution in [1.29, 1.82) is 0 Å². The van der Waals surface area contributed by atoms with Gasteiger partial charge in [0.05, 0.1) is 5.41 Å². The Hall–Kier alpha value is -0.530. The van der Waals surface area contributed by atoms with Crippen molar-refractivity contribution in [3.63, 3.8) is 0 Å². The van der Waals surface area contributed by atoms with E-state index < -0.39 is 5.97 Å². The predicted octanol–water partition coefficient (Wildman–Crippen LogP) is 3.99. The van der Waals surface area contributed by atoms with Crippen LogP contribution in [0.5, 0.6) is 0 Å². The number of aliphatic carboxylic acids is 1. The Bertz CT molecular complexity index is 250. The number of unbranched alkanes of at least 4 members (excludes halogenated alkanes) is 5. The fourth-order valence-corrected chi connectivity index (χ4v) is 3.77. The fraction of sp³-hybridized carbons (Fsp3) is 0.929. The van der Waals surface area contributed by atoms with Crippen molar-refractivity contribution in [2.24, 2.45) is 10.8 Å². The van der Waals surface area contributed by atoms with Crippen molar-refractivity contribution in [2.75, 3.05) is 0 Å². The van der Waals surface area contributed by atoms with Crippen LogP contribution in [0.4, 0.5) is 0 Å². The molecular formula is C14H24O2. The summed E-state index contributed by atoms with van der Waals surface area (Å²) in [5.74, 6) is -0.544. The molecule has 0 saturated heterocycles. The summed E-state index contributed by atoms with van der Waals surface area (Å²) >= 11 is 0. The van der Waals surface area contributed by atoms with Gasteiger partial charge in [0, 0.05) is 0 Å². The average Bonchev–Trinajstić information content (AvgIpc) is 2.11. The molecule has 0 heterocycles. The average molecular weight is 224 g/mol. The van der Waals surface area contributed by atoms with Crippen LogP contribution in [0.2, 0.25) is 0 Å². The van der Waals surface area contributed by atoms with E-state index in [4.69, 9.17) is 5.11 Å². The van der Waals surface area contributed by atoms with Gasteiger partial charge in [-0.15, -0.1) is 0 Å². The summed E-state index contributed by atoms with van der Waals surface area (Å²) in [7, 11) is 0. The molecule has 3 saturated carbocycles. The molecule has 2 nitrogen and oxygen atoms in total. The third-order valence-electron chi connectivity index (χ3n) is 4.65. The number of rotatable bonds is 8. The Labute approximate surface area is 98.4 Å². The number of carbonyl (C=O) groups is 1. The second-order valence-electron chi connectivity index (χ2n) is 6.13. The Morgan fingerprint density at radius 3 is 2.19 bits per heavy atom. The molecule has 0 aliphatic heterocycles. The van der Waals surface area contributed by atoms with Gasteiger partial charge in [-0.2, -0.15) is 0 Å². The van der Waals surface area contributed by atoms with E-state index in [1.165, 1.54) is 44.9 Å². The summed E-state index contributed by atoms with van der Waals surface area (Å²) in [6.07, 6.45) is 12.3. The van der Waals surface area contributed by atoms with Gasteiger partial charge in [0.2, 0.25) is 0 Å². The molecule has 0 aromatic heterocycles. The van der Waals surface area contributed by atoms with Crippen LogP contribution in [-0.4, -0.2) is 11.1 Å². The van der Waals surface area contributed by atoms with E-state index in [0.717, 1.165) is 19.3 Å². The van der Waals surface area contributed by atoms with Crippen molar-refractivity contribution in [2.45, 2.75) is 71.1 Å². The van der Waals surface area contributed by atoms with Gasteiger partial charge < -0.3 is 5.11 Å². The van der Waals surface area contributed by atoms with Gasteiger partial charge >= 0.3 is 5.97 Å². The molecular weight excluding hydrogens is 200 g/mol. The number of hydrogen-bond acceptors (Lipinski definition) is 1. The van der Waals surface area contributed by atoms with Crippen LogP contribution in [0, 0.1) is 10.8 Å². The summed E-state index contributed by atoms with van der Waals surface area (Å²) in [6.45, 7) is 2.24. The molecule has 92 valence electrons. The van der Waals surface area contributed by atoms with Gasteiger partial charge in [0.15, 0.2) is 0 Å². The first-order valence-electron chi connectivity index (χ1n) is 6.86. The monoisotopic (exact) mass is 224 g/mol. The van der Waals surface area contributed by atoms with E-state index in [1.807, 2.05) is 0 Å². The third-order valence-corrected chi connectivity index (χ3v) is 4.65. The summed E-state index contributed by atoms with van der Waals surface area (Å²) in [4.78, 5) is 10.9. The molecule has 0 aromatic carbocycles. The van der Waals surface area contributed by atoms with Crippen LogP contribution in [-0.2, 0) is 4.79 Å². The zero-order chi connectivity index (χ0) is 11.6. The van der Waals surface area contributed by atoms with E-state index in [0.29, 0.717) is 5.41 Å². The predicted molar refractivity (Wildman–Crippen MR) is 64.3 cm³/mol. The first kappa shape index (κ1) is 11.9. The Morgan fingerprint density at radius 1 is 1.06 bits per heavy atom. The van der Waals surface area contributed by atoms with E-state index in [9.17, 15) is 4.79 Å². The lowest BCUT2D eigenvalue weighted by Crippen LogP contribution is -2.65. The lowest BCUT2D eigenvalue weighted by Gasteiger charge is -2.68. The summed E-state index contributed by atoms with van der Waals surface area (Å²) in [5, 5.41) is 9.01. The first-order chi connectivity index (χ1) is 7.63. The third kappa shape index (κ3) is 1.99. The lowest BCUT2D eigenvalue weighted by atomic mass is 9.34. The molecule has 0 amide bonds. The minimum absolute atomic E-state index is 0.262. The molecule has 0 unspecified atom stereocenters.